The molecule has 28 heavy (non-hydrogen) atoms. The van der Waals surface area contributed by atoms with Crippen molar-refractivity contribution in [3.63, 3.8) is 0 Å². The number of ether oxygens (including phenoxy) is 2. The lowest BCUT2D eigenvalue weighted by atomic mass is 10.1. The van der Waals surface area contributed by atoms with Gasteiger partial charge in [-0.1, -0.05) is 0 Å². The molecule has 2 saturated heterocycles. The maximum absolute atomic E-state index is 12.2. The molecular formula is C20H23N5O3. The highest BCUT2D eigenvalue weighted by atomic mass is 16.6. The number of amides is 1. The van der Waals surface area contributed by atoms with Gasteiger partial charge in [-0.25, -0.2) is 4.79 Å². The molecule has 146 valence electrons. The Hall–Kier alpha value is -2.87. The van der Waals surface area contributed by atoms with Crippen molar-refractivity contribution in [3.05, 3.63) is 41.5 Å². The Balaban J connectivity index is 1.29. The van der Waals surface area contributed by atoms with Crippen LogP contribution in [-0.4, -0.2) is 71.3 Å². The van der Waals surface area contributed by atoms with Crippen LogP contribution in [0.2, 0.25) is 0 Å². The Morgan fingerprint density at radius 3 is 2.71 bits per heavy atom. The molecule has 3 aliphatic rings. The number of rotatable bonds is 3. The second kappa shape index (κ2) is 6.94. The van der Waals surface area contributed by atoms with Crippen LogP contribution >= 0.6 is 0 Å². The van der Waals surface area contributed by atoms with E-state index < -0.39 is 0 Å². The number of pyridine rings is 1. The van der Waals surface area contributed by atoms with E-state index in [1.165, 1.54) is 16.8 Å². The van der Waals surface area contributed by atoms with Gasteiger partial charge in [-0.15, -0.1) is 0 Å². The third kappa shape index (κ3) is 3.13. The van der Waals surface area contributed by atoms with Crippen LogP contribution in [0.15, 0.2) is 24.5 Å². The summed E-state index contributed by atoms with van der Waals surface area (Å²) in [7, 11) is 1.93. The Labute approximate surface area is 163 Å². The molecule has 0 unspecified atom stereocenters. The van der Waals surface area contributed by atoms with Gasteiger partial charge < -0.3 is 19.3 Å². The van der Waals surface area contributed by atoms with Crippen molar-refractivity contribution in [2.75, 3.05) is 44.3 Å². The predicted octanol–water partition coefficient (Wildman–Crippen LogP) is 1.57. The summed E-state index contributed by atoms with van der Waals surface area (Å²) in [6, 6.07) is 4.10. The molecule has 1 aliphatic carbocycles. The molecule has 8 nitrogen and oxygen atoms in total. The molecule has 5 rings (SSSR count). The van der Waals surface area contributed by atoms with Crippen LogP contribution in [0, 0.1) is 0 Å². The topological polar surface area (TPSA) is 72.7 Å². The van der Waals surface area contributed by atoms with Gasteiger partial charge in [-0.3, -0.25) is 9.67 Å². The van der Waals surface area contributed by atoms with Gasteiger partial charge in [-0.2, -0.15) is 5.10 Å². The van der Waals surface area contributed by atoms with Crippen molar-refractivity contribution in [1.82, 2.24) is 19.7 Å². The van der Waals surface area contributed by atoms with E-state index in [4.69, 9.17) is 9.47 Å². The first-order valence-electron chi connectivity index (χ1n) is 9.64. The van der Waals surface area contributed by atoms with E-state index in [2.05, 4.69) is 27.1 Å². The van der Waals surface area contributed by atoms with Crippen LogP contribution < -0.4 is 4.90 Å². The number of anilines is 1. The minimum Gasteiger partial charge on any atom is -0.441 e. The fourth-order valence-corrected chi connectivity index (χ4v) is 3.86. The maximum Gasteiger partial charge on any atom is 0.410 e. The first kappa shape index (κ1) is 17.2. The number of hydrogen-bond acceptors (Lipinski definition) is 6. The first-order valence-corrected chi connectivity index (χ1v) is 9.64. The van der Waals surface area contributed by atoms with Crippen molar-refractivity contribution >= 4 is 23.4 Å². The summed E-state index contributed by atoms with van der Waals surface area (Å²) in [6.45, 7) is 3.89. The van der Waals surface area contributed by atoms with E-state index in [1.54, 1.807) is 4.90 Å². The zero-order valence-electron chi connectivity index (χ0n) is 15.9. The molecule has 2 aromatic heterocycles. The van der Waals surface area contributed by atoms with Crippen LogP contribution in [-0.2, 0) is 22.9 Å². The maximum atomic E-state index is 12.2. The Morgan fingerprint density at radius 2 is 2.04 bits per heavy atom. The molecular weight excluding hydrogens is 358 g/mol. The van der Waals surface area contributed by atoms with Crippen molar-refractivity contribution < 1.29 is 14.3 Å². The molecule has 2 aromatic rings. The fraction of sp³-hybridized carbons (Fsp3) is 0.450. The van der Waals surface area contributed by atoms with Crippen LogP contribution in [0.3, 0.4) is 0 Å². The molecule has 0 atom stereocenters. The number of carbonyl (C=O) groups is 1. The Morgan fingerprint density at radius 1 is 1.21 bits per heavy atom. The van der Waals surface area contributed by atoms with Gasteiger partial charge in [0.05, 0.1) is 24.6 Å². The molecule has 0 radical (unpaired) electrons. The standard InChI is InChI=1S/C20H23N5O3/c1-23-5-3-17(22-23)14-10-16-18(11-14)21-4-2-19(16)24-6-8-25(9-7-24)20(26)28-15-12-27-13-15/h2-5,10,15H,6-9,11-13H2,1H3. The number of carbonyl (C=O) groups excluding carboxylic acids is 1. The summed E-state index contributed by atoms with van der Waals surface area (Å²) in [5.41, 5.74) is 5.63. The molecule has 0 N–H and O–H groups in total. The van der Waals surface area contributed by atoms with Crippen LogP contribution in [0.5, 0.6) is 0 Å². The summed E-state index contributed by atoms with van der Waals surface area (Å²) in [5.74, 6) is 0. The number of fused-ring (bicyclic) bond motifs is 1. The molecule has 4 heterocycles. The summed E-state index contributed by atoms with van der Waals surface area (Å²) in [6.07, 6.45) is 6.53. The largest absolute Gasteiger partial charge is 0.441 e. The summed E-state index contributed by atoms with van der Waals surface area (Å²) < 4.78 is 12.3. The molecule has 0 spiro atoms. The fourth-order valence-electron chi connectivity index (χ4n) is 3.86. The van der Waals surface area contributed by atoms with E-state index in [-0.39, 0.29) is 12.2 Å². The average Bonchev–Trinajstić information content (AvgIpc) is 3.30. The predicted molar refractivity (Wildman–Crippen MR) is 104 cm³/mol. The number of allylic oxidation sites excluding steroid dienone is 1. The van der Waals surface area contributed by atoms with Crippen molar-refractivity contribution in [1.29, 1.82) is 0 Å². The molecule has 2 fully saturated rings. The highest BCUT2D eigenvalue weighted by molar-refractivity contribution is 5.91. The average molecular weight is 381 g/mol. The molecule has 0 saturated carbocycles. The van der Waals surface area contributed by atoms with Crippen molar-refractivity contribution in [2.45, 2.75) is 12.5 Å². The number of aromatic nitrogens is 3. The van der Waals surface area contributed by atoms with E-state index >= 15 is 0 Å². The van der Waals surface area contributed by atoms with E-state index in [0.29, 0.717) is 26.3 Å². The van der Waals surface area contributed by atoms with Gasteiger partial charge in [-0.05, 0) is 23.8 Å². The van der Waals surface area contributed by atoms with Gasteiger partial charge in [0.1, 0.15) is 0 Å². The smallest absolute Gasteiger partial charge is 0.410 e. The zero-order chi connectivity index (χ0) is 19.1. The minimum absolute atomic E-state index is 0.0795. The summed E-state index contributed by atoms with van der Waals surface area (Å²) in [4.78, 5) is 20.9. The number of nitrogens with zero attached hydrogens (tertiary/aromatic N) is 5. The number of piperazine rings is 1. The molecule has 8 heteroatoms. The van der Waals surface area contributed by atoms with Gasteiger partial charge >= 0.3 is 6.09 Å². The van der Waals surface area contributed by atoms with E-state index in [0.717, 1.165) is 30.9 Å². The quantitative estimate of drug-likeness (QED) is 0.804. The van der Waals surface area contributed by atoms with Crippen LogP contribution in [0.25, 0.3) is 11.6 Å². The van der Waals surface area contributed by atoms with Gasteiger partial charge in [0.25, 0.3) is 0 Å². The second-order valence-corrected chi connectivity index (χ2v) is 7.43. The highest BCUT2D eigenvalue weighted by Gasteiger charge is 2.29. The third-order valence-corrected chi connectivity index (χ3v) is 5.52. The Kier molecular flexibility index (Phi) is 4.27. The lowest BCUT2D eigenvalue weighted by Crippen LogP contribution is -2.51. The molecule has 0 bridgehead atoms. The van der Waals surface area contributed by atoms with Crippen molar-refractivity contribution in [3.8, 4) is 0 Å². The van der Waals surface area contributed by atoms with Gasteiger partial charge in [0, 0.05) is 63.3 Å². The highest BCUT2D eigenvalue weighted by Crippen LogP contribution is 2.35. The first-order chi connectivity index (χ1) is 13.7. The molecule has 0 aromatic carbocycles. The van der Waals surface area contributed by atoms with Crippen LogP contribution in [0.1, 0.15) is 17.0 Å². The van der Waals surface area contributed by atoms with E-state index in [1.807, 2.05) is 30.2 Å². The Bertz CT molecular complexity index is 926. The van der Waals surface area contributed by atoms with E-state index in [9.17, 15) is 4.79 Å². The zero-order valence-corrected chi connectivity index (χ0v) is 15.9. The summed E-state index contributed by atoms with van der Waals surface area (Å²) >= 11 is 0. The third-order valence-electron chi connectivity index (χ3n) is 5.52. The lowest BCUT2D eigenvalue weighted by Gasteiger charge is -2.37. The minimum atomic E-state index is -0.231. The monoisotopic (exact) mass is 381 g/mol. The van der Waals surface area contributed by atoms with Crippen molar-refractivity contribution in [2.24, 2.45) is 7.05 Å². The normalized spacial score (nSPS) is 19.2. The van der Waals surface area contributed by atoms with Crippen LogP contribution in [0.4, 0.5) is 10.5 Å². The number of hydrogen-bond donors (Lipinski definition) is 0. The van der Waals surface area contributed by atoms with Gasteiger partial charge in [0.2, 0.25) is 0 Å². The number of aryl methyl sites for hydroxylation is 1. The SMILES string of the molecule is Cn1ccc(C2=Cc3c(N4CCN(C(=O)OC5COC5)CC4)ccnc3C2)n1. The molecule has 1 amide bonds. The second-order valence-electron chi connectivity index (χ2n) is 7.43. The summed E-state index contributed by atoms with van der Waals surface area (Å²) in [5, 5.41) is 4.52. The molecule has 2 aliphatic heterocycles. The van der Waals surface area contributed by atoms with Gasteiger partial charge in [0.15, 0.2) is 6.10 Å². The lowest BCUT2D eigenvalue weighted by molar-refractivity contribution is -0.104.